The van der Waals surface area contributed by atoms with E-state index < -0.39 is 5.41 Å². The van der Waals surface area contributed by atoms with E-state index in [2.05, 4.69) is 36.4 Å². The van der Waals surface area contributed by atoms with E-state index in [4.69, 9.17) is 5.73 Å². The third-order valence-corrected chi connectivity index (χ3v) is 5.62. The molecule has 0 heterocycles. The maximum Gasteiger partial charge on any atom is 0.187 e. The largest absolute Gasteiger partial charge is 0.399 e. The second-order valence-electron chi connectivity index (χ2n) is 6.68. The lowest BCUT2D eigenvalue weighted by molar-refractivity contribution is 0.167. The summed E-state index contributed by atoms with van der Waals surface area (Å²) in [6.07, 6.45) is 12.4. The van der Waals surface area contributed by atoms with Gasteiger partial charge in [0.15, 0.2) is 5.41 Å². The van der Waals surface area contributed by atoms with Crippen LogP contribution < -0.4 is 5.73 Å². The fraction of sp³-hybridized carbons (Fsp3) is 0.526. The first-order valence-corrected chi connectivity index (χ1v) is 8.29. The predicted molar refractivity (Wildman–Crippen MR) is 85.9 cm³/mol. The predicted octanol–water partition coefficient (Wildman–Crippen LogP) is 3.47. The molecule has 3 atom stereocenters. The molecule has 3 aliphatic rings. The van der Waals surface area contributed by atoms with Crippen molar-refractivity contribution in [3.63, 3.8) is 0 Å². The third kappa shape index (κ3) is 2.16. The number of nitrogens with zero attached hydrogens (tertiary/aromatic N) is 3. The van der Waals surface area contributed by atoms with Crippen molar-refractivity contribution in [3.05, 3.63) is 35.1 Å². The van der Waals surface area contributed by atoms with Gasteiger partial charge in [0.2, 0.25) is 0 Å². The van der Waals surface area contributed by atoms with Crippen molar-refractivity contribution >= 4 is 0 Å². The Kier molecular flexibility index (Phi) is 3.97. The molecule has 0 saturated heterocycles. The van der Waals surface area contributed by atoms with Crippen LogP contribution in [-0.2, 0) is 0 Å². The van der Waals surface area contributed by atoms with Gasteiger partial charge < -0.3 is 5.73 Å². The summed E-state index contributed by atoms with van der Waals surface area (Å²) in [5.41, 5.74) is 6.36. The molecule has 0 unspecified atom stereocenters. The molecule has 0 spiro atoms. The van der Waals surface area contributed by atoms with Crippen molar-refractivity contribution < 1.29 is 0 Å². The first kappa shape index (κ1) is 15.4. The molecule has 0 bridgehead atoms. The van der Waals surface area contributed by atoms with Crippen LogP contribution in [0, 0.1) is 57.2 Å². The summed E-state index contributed by atoms with van der Waals surface area (Å²) in [5.74, 6) is 0.101. The van der Waals surface area contributed by atoms with Crippen LogP contribution in [0.3, 0.4) is 0 Å². The van der Waals surface area contributed by atoms with E-state index in [1.54, 1.807) is 0 Å². The molecule has 0 fully saturated rings. The molecule has 116 valence electrons. The van der Waals surface area contributed by atoms with Gasteiger partial charge in [0.1, 0.15) is 6.07 Å². The second-order valence-corrected chi connectivity index (χ2v) is 6.68. The Hall–Kier alpha value is -2.51. The van der Waals surface area contributed by atoms with E-state index in [9.17, 15) is 15.8 Å². The molecule has 4 heteroatoms. The van der Waals surface area contributed by atoms with Gasteiger partial charge in [-0.1, -0.05) is 18.2 Å². The average molecular weight is 304 g/mol. The molecular formula is C19H20N4. The number of hydrogen-bond acceptors (Lipinski definition) is 4. The number of allylic oxidation sites excluding steroid dienone is 6. The molecule has 23 heavy (non-hydrogen) atoms. The smallest absolute Gasteiger partial charge is 0.187 e. The van der Waals surface area contributed by atoms with Gasteiger partial charge in [-0.2, -0.15) is 15.8 Å². The molecule has 3 rings (SSSR count). The van der Waals surface area contributed by atoms with Gasteiger partial charge in [0.05, 0.1) is 23.4 Å². The van der Waals surface area contributed by atoms with Crippen molar-refractivity contribution in [3.8, 4) is 18.2 Å². The fourth-order valence-corrected chi connectivity index (χ4v) is 4.57. The van der Waals surface area contributed by atoms with Gasteiger partial charge in [0, 0.05) is 5.92 Å². The topological polar surface area (TPSA) is 97.4 Å². The van der Waals surface area contributed by atoms with E-state index in [0.717, 1.165) is 44.1 Å². The molecule has 0 aromatic rings. The number of nitriles is 3. The molecule has 4 nitrogen and oxygen atoms in total. The van der Waals surface area contributed by atoms with Crippen LogP contribution in [-0.4, -0.2) is 0 Å². The Morgan fingerprint density at radius 1 is 1.09 bits per heavy atom. The van der Waals surface area contributed by atoms with Crippen LogP contribution in [0.25, 0.3) is 0 Å². The van der Waals surface area contributed by atoms with Gasteiger partial charge in [-0.25, -0.2) is 0 Å². The summed E-state index contributed by atoms with van der Waals surface area (Å²) in [5, 5.41) is 29.3. The summed E-state index contributed by atoms with van der Waals surface area (Å²) in [4.78, 5) is 0. The molecule has 0 aliphatic heterocycles. The minimum Gasteiger partial charge on any atom is -0.399 e. The van der Waals surface area contributed by atoms with E-state index in [1.807, 2.05) is 0 Å². The zero-order chi connectivity index (χ0) is 16.4. The fourth-order valence-electron chi connectivity index (χ4n) is 4.57. The molecule has 2 N–H and O–H groups in total. The highest BCUT2D eigenvalue weighted by molar-refractivity contribution is 5.56. The Morgan fingerprint density at radius 2 is 1.83 bits per heavy atom. The maximum absolute atomic E-state index is 9.88. The highest BCUT2D eigenvalue weighted by Crippen LogP contribution is 2.55. The lowest BCUT2D eigenvalue weighted by Crippen LogP contribution is -2.47. The van der Waals surface area contributed by atoms with Gasteiger partial charge in [0.25, 0.3) is 0 Å². The minimum absolute atomic E-state index is 0.0812. The lowest BCUT2D eigenvalue weighted by atomic mass is 9.54. The van der Waals surface area contributed by atoms with Gasteiger partial charge in [-0.05, 0) is 55.9 Å². The Labute approximate surface area is 137 Å². The average Bonchev–Trinajstić information content (AvgIpc) is 2.61. The van der Waals surface area contributed by atoms with Crippen LogP contribution in [0.1, 0.15) is 38.5 Å². The summed E-state index contributed by atoms with van der Waals surface area (Å²) in [6.45, 7) is 0. The van der Waals surface area contributed by atoms with Crippen LogP contribution in [0.15, 0.2) is 35.1 Å². The first-order valence-electron chi connectivity index (χ1n) is 8.29. The van der Waals surface area contributed by atoms with Gasteiger partial charge in [-0.3, -0.25) is 0 Å². The summed E-state index contributed by atoms with van der Waals surface area (Å²) >= 11 is 0. The van der Waals surface area contributed by atoms with Crippen LogP contribution in [0.2, 0.25) is 0 Å². The number of rotatable bonds is 1. The molecule has 0 saturated carbocycles. The van der Waals surface area contributed by atoms with Crippen molar-refractivity contribution in [2.45, 2.75) is 38.5 Å². The summed E-state index contributed by atoms with van der Waals surface area (Å²) in [7, 11) is 0. The second kappa shape index (κ2) is 5.94. The number of fused-ring (bicyclic) bond motifs is 1. The molecule has 0 aromatic carbocycles. The highest BCUT2D eigenvalue weighted by atomic mass is 14.7. The van der Waals surface area contributed by atoms with Crippen molar-refractivity contribution in [2.24, 2.45) is 28.9 Å². The lowest BCUT2D eigenvalue weighted by Gasteiger charge is -2.46. The first-order chi connectivity index (χ1) is 11.2. The quantitative estimate of drug-likeness (QED) is 0.750. The van der Waals surface area contributed by atoms with Gasteiger partial charge >= 0.3 is 0 Å². The Balaban J connectivity index is 2.24. The zero-order valence-corrected chi connectivity index (χ0v) is 13.1. The summed E-state index contributed by atoms with van der Waals surface area (Å²) in [6, 6.07) is 6.58. The SMILES string of the molecule is N#CC1=C(N)C(C#N)(C#N)[C@H]([C@H]2C=CCCC2)[C@@H]2CCCC=C12. The van der Waals surface area contributed by atoms with Crippen LogP contribution in [0.4, 0.5) is 0 Å². The molecule has 0 amide bonds. The molecular weight excluding hydrogens is 284 g/mol. The molecule has 0 aromatic heterocycles. The number of hydrogen-bond donors (Lipinski definition) is 1. The minimum atomic E-state index is -1.39. The Bertz CT molecular complexity index is 706. The van der Waals surface area contributed by atoms with Crippen LogP contribution >= 0.6 is 0 Å². The van der Waals surface area contributed by atoms with Crippen LogP contribution in [0.5, 0.6) is 0 Å². The Morgan fingerprint density at radius 3 is 2.43 bits per heavy atom. The monoisotopic (exact) mass is 304 g/mol. The molecule has 3 aliphatic carbocycles. The van der Waals surface area contributed by atoms with E-state index in [-0.39, 0.29) is 23.5 Å². The van der Waals surface area contributed by atoms with Crippen molar-refractivity contribution in [1.82, 2.24) is 0 Å². The van der Waals surface area contributed by atoms with E-state index in [0.29, 0.717) is 5.57 Å². The number of nitrogens with two attached hydrogens (primary N) is 1. The zero-order valence-electron chi connectivity index (χ0n) is 13.1. The third-order valence-electron chi connectivity index (χ3n) is 5.62. The maximum atomic E-state index is 9.88. The van der Waals surface area contributed by atoms with Crippen molar-refractivity contribution in [1.29, 1.82) is 15.8 Å². The normalized spacial score (nSPS) is 32.0. The molecule has 0 radical (unpaired) electrons. The standard InChI is InChI=1S/C19H20N4/c20-10-16-14-8-4-5-9-15(14)17(13-6-2-1-3-7-13)19(11-21,12-22)18(16)23/h2,6,8,13,15,17H,1,3-5,7,9,23H2/t13-,15+,17+/m0/s1. The van der Waals surface area contributed by atoms with Gasteiger partial charge in [-0.15, -0.1) is 0 Å². The van der Waals surface area contributed by atoms with Crippen molar-refractivity contribution in [2.75, 3.05) is 0 Å². The highest BCUT2D eigenvalue weighted by Gasteiger charge is 2.55. The van der Waals surface area contributed by atoms with E-state index >= 15 is 0 Å². The van der Waals surface area contributed by atoms with E-state index in [1.165, 1.54) is 0 Å². The summed E-state index contributed by atoms with van der Waals surface area (Å²) < 4.78 is 0.